The SMILES string of the molecule is CCc1c(C(=O)N[C@H](CC(C)C)C(=O)O)nnn1-c1ccc(OC(C)C)cc1. The summed E-state index contributed by atoms with van der Waals surface area (Å²) in [5, 5.41) is 20.0. The first-order valence-corrected chi connectivity index (χ1v) is 9.48. The molecular formula is C20H28N4O4. The van der Waals surface area contributed by atoms with Crippen LogP contribution >= 0.6 is 0 Å². The van der Waals surface area contributed by atoms with Gasteiger partial charge in [-0.25, -0.2) is 9.48 Å². The third-order valence-corrected chi connectivity index (χ3v) is 4.08. The third-order valence-electron chi connectivity index (χ3n) is 4.08. The molecule has 8 heteroatoms. The van der Waals surface area contributed by atoms with Crippen LogP contribution in [-0.2, 0) is 11.2 Å². The maximum atomic E-state index is 12.6. The normalized spacial score (nSPS) is 12.2. The molecule has 152 valence electrons. The molecule has 0 saturated heterocycles. The zero-order valence-corrected chi connectivity index (χ0v) is 17.0. The van der Waals surface area contributed by atoms with Gasteiger partial charge in [0.05, 0.1) is 17.5 Å². The molecule has 28 heavy (non-hydrogen) atoms. The van der Waals surface area contributed by atoms with Crippen molar-refractivity contribution in [2.24, 2.45) is 5.92 Å². The highest BCUT2D eigenvalue weighted by Gasteiger charge is 2.26. The van der Waals surface area contributed by atoms with Gasteiger partial charge in [-0.3, -0.25) is 4.79 Å². The third kappa shape index (κ3) is 5.31. The Labute approximate surface area is 164 Å². The van der Waals surface area contributed by atoms with E-state index in [1.807, 2.05) is 58.9 Å². The lowest BCUT2D eigenvalue weighted by molar-refractivity contribution is -0.139. The number of carbonyl (C=O) groups is 2. The Morgan fingerprint density at radius 3 is 2.32 bits per heavy atom. The van der Waals surface area contributed by atoms with Gasteiger partial charge >= 0.3 is 5.97 Å². The smallest absolute Gasteiger partial charge is 0.326 e. The number of rotatable bonds is 9. The quantitative estimate of drug-likeness (QED) is 0.684. The summed E-state index contributed by atoms with van der Waals surface area (Å²) in [5.74, 6) is -0.716. The van der Waals surface area contributed by atoms with E-state index in [1.54, 1.807) is 4.68 Å². The Morgan fingerprint density at radius 2 is 1.82 bits per heavy atom. The molecule has 0 radical (unpaired) electrons. The van der Waals surface area contributed by atoms with Gasteiger partial charge in [-0.2, -0.15) is 0 Å². The molecule has 2 aromatic rings. The molecule has 1 atom stereocenters. The number of amides is 1. The number of ether oxygens (including phenoxy) is 1. The topological polar surface area (TPSA) is 106 Å². The van der Waals surface area contributed by atoms with Crippen molar-refractivity contribution in [2.45, 2.75) is 59.6 Å². The lowest BCUT2D eigenvalue weighted by Crippen LogP contribution is -2.42. The van der Waals surface area contributed by atoms with E-state index in [9.17, 15) is 14.7 Å². The Kier molecular flexibility index (Phi) is 7.14. The van der Waals surface area contributed by atoms with E-state index in [2.05, 4.69) is 15.6 Å². The summed E-state index contributed by atoms with van der Waals surface area (Å²) < 4.78 is 7.23. The lowest BCUT2D eigenvalue weighted by atomic mass is 10.0. The number of nitrogens with zero attached hydrogens (tertiary/aromatic N) is 3. The van der Waals surface area contributed by atoms with E-state index in [0.717, 1.165) is 11.4 Å². The molecule has 8 nitrogen and oxygen atoms in total. The molecule has 1 aromatic carbocycles. The number of carboxylic acid groups (broad SMARTS) is 1. The second-order valence-electron chi connectivity index (χ2n) is 7.30. The minimum Gasteiger partial charge on any atom is -0.491 e. The van der Waals surface area contributed by atoms with E-state index < -0.39 is 17.9 Å². The van der Waals surface area contributed by atoms with Gasteiger partial charge in [0.25, 0.3) is 5.91 Å². The van der Waals surface area contributed by atoms with Crippen molar-refractivity contribution >= 4 is 11.9 Å². The van der Waals surface area contributed by atoms with Crippen molar-refractivity contribution in [1.82, 2.24) is 20.3 Å². The highest BCUT2D eigenvalue weighted by molar-refractivity contribution is 5.95. The first-order chi connectivity index (χ1) is 13.2. The summed E-state index contributed by atoms with van der Waals surface area (Å²) >= 11 is 0. The number of carboxylic acids is 1. The standard InChI is InChI=1S/C20H28N4O4/c1-6-17-18(19(25)21-16(20(26)27)11-12(2)3)22-23-24(17)14-7-9-15(10-8-14)28-13(4)5/h7-10,12-13,16H,6,11H2,1-5H3,(H,21,25)(H,26,27)/t16-/m1/s1. The van der Waals surface area contributed by atoms with E-state index in [1.165, 1.54) is 0 Å². The Bertz CT molecular complexity index is 812. The van der Waals surface area contributed by atoms with Gasteiger partial charge in [0.1, 0.15) is 11.8 Å². The molecule has 1 heterocycles. The molecular weight excluding hydrogens is 360 g/mol. The van der Waals surface area contributed by atoms with Gasteiger partial charge in [-0.05, 0) is 56.9 Å². The Morgan fingerprint density at radius 1 is 1.18 bits per heavy atom. The van der Waals surface area contributed by atoms with Crippen molar-refractivity contribution in [2.75, 3.05) is 0 Å². The summed E-state index contributed by atoms with van der Waals surface area (Å²) in [4.78, 5) is 24.1. The molecule has 1 amide bonds. The molecule has 0 saturated carbocycles. The van der Waals surface area contributed by atoms with E-state index >= 15 is 0 Å². The van der Waals surface area contributed by atoms with Gasteiger partial charge in [0.15, 0.2) is 5.69 Å². The number of hydrogen-bond acceptors (Lipinski definition) is 5. The molecule has 0 aliphatic carbocycles. The van der Waals surface area contributed by atoms with Crippen molar-refractivity contribution in [1.29, 1.82) is 0 Å². The second kappa shape index (κ2) is 9.34. The molecule has 0 bridgehead atoms. The predicted octanol–water partition coefficient (Wildman–Crippen LogP) is 2.85. The number of carbonyl (C=O) groups excluding carboxylic acids is 1. The molecule has 0 unspecified atom stereocenters. The highest BCUT2D eigenvalue weighted by Crippen LogP contribution is 2.19. The monoisotopic (exact) mass is 388 g/mol. The number of nitrogens with one attached hydrogen (secondary N) is 1. The van der Waals surface area contributed by atoms with E-state index in [4.69, 9.17) is 4.74 Å². The van der Waals surface area contributed by atoms with Crippen LogP contribution in [0.3, 0.4) is 0 Å². The lowest BCUT2D eigenvalue weighted by Gasteiger charge is -2.16. The Balaban J connectivity index is 2.25. The second-order valence-corrected chi connectivity index (χ2v) is 7.30. The van der Waals surface area contributed by atoms with Crippen molar-refractivity contribution < 1.29 is 19.4 Å². The van der Waals surface area contributed by atoms with Crippen LogP contribution in [0.15, 0.2) is 24.3 Å². The van der Waals surface area contributed by atoms with Gasteiger partial charge in [0.2, 0.25) is 0 Å². The predicted molar refractivity (Wildman–Crippen MR) is 105 cm³/mol. The summed E-state index contributed by atoms with van der Waals surface area (Å²) in [7, 11) is 0. The van der Waals surface area contributed by atoms with Crippen LogP contribution in [0, 0.1) is 5.92 Å². The maximum Gasteiger partial charge on any atom is 0.326 e. The maximum absolute atomic E-state index is 12.6. The van der Waals surface area contributed by atoms with E-state index in [-0.39, 0.29) is 17.7 Å². The minimum absolute atomic E-state index is 0.0757. The number of benzene rings is 1. The molecule has 0 aliphatic rings. The summed E-state index contributed by atoms with van der Waals surface area (Å²) in [5.41, 5.74) is 1.50. The van der Waals surface area contributed by atoms with Gasteiger partial charge < -0.3 is 15.2 Å². The molecule has 1 aromatic heterocycles. The first kappa shape index (κ1) is 21.4. The van der Waals surface area contributed by atoms with Crippen LogP contribution < -0.4 is 10.1 Å². The molecule has 0 aliphatic heterocycles. The highest BCUT2D eigenvalue weighted by atomic mass is 16.5. The van der Waals surface area contributed by atoms with Crippen molar-refractivity contribution in [3.63, 3.8) is 0 Å². The molecule has 2 rings (SSSR count). The fraction of sp³-hybridized carbons (Fsp3) is 0.500. The largest absolute Gasteiger partial charge is 0.491 e. The van der Waals surface area contributed by atoms with Gasteiger partial charge in [-0.15, -0.1) is 5.10 Å². The number of aliphatic carboxylic acids is 1. The summed E-state index contributed by atoms with van der Waals surface area (Å²) in [6.45, 7) is 9.61. The van der Waals surface area contributed by atoms with Crippen LogP contribution in [0.2, 0.25) is 0 Å². The molecule has 0 spiro atoms. The molecule has 2 N–H and O–H groups in total. The first-order valence-electron chi connectivity index (χ1n) is 9.48. The van der Waals surface area contributed by atoms with Gasteiger partial charge in [0, 0.05) is 0 Å². The van der Waals surface area contributed by atoms with Crippen molar-refractivity contribution in [3.8, 4) is 11.4 Å². The fourth-order valence-electron chi connectivity index (χ4n) is 2.86. The van der Waals surface area contributed by atoms with Crippen LogP contribution in [0.25, 0.3) is 5.69 Å². The number of hydrogen-bond donors (Lipinski definition) is 2. The fourth-order valence-corrected chi connectivity index (χ4v) is 2.86. The Hall–Kier alpha value is -2.90. The summed E-state index contributed by atoms with van der Waals surface area (Å²) in [6, 6.07) is 6.38. The summed E-state index contributed by atoms with van der Waals surface area (Å²) in [6.07, 6.45) is 0.933. The van der Waals surface area contributed by atoms with Crippen molar-refractivity contribution in [3.05, 3.63) is 35.7 Å². The van der Waals surface area contributed by atoms with Crippen LogP contribution in [0.4, 0.5) is 0 Å². The average molecular weight is 388 g/mol. The number of aromatic nitrogens is 3. The zero-order chi connectivity index (χ0) is 20.8. The van der Waals surface area contributed by atoms with Crippen LogP contribution in [0.1, 0.15) is 57.2 Å². The average Bonchev–Trinajstić information content (AvgIpc) is 3.04. The van der Waals surface area contributed by atoms with Crippen LogP contribution in [-0.4, -0.2) is 44.1 Å². The molecule has 0 fully saturated rings. The zero-order valence-electron chi connectivity index (χ0n) is 17.0. The van der Waals surface area contributed by atoms with E-state index in [0.29, 0.717) is 18.5 Å². The minimum atomic E-state index is -1.06. The van der Waals surface area contributed by atoms with Gasteiger partial charge in [-0.1, -0.05) is 26.0 Å². The van der Waals surface area contributed by atoms with Crippen LogP contribution in [0.5, 0.6) is 5.75 Å².